The van der Waals surface area contributed by atoms with Crippen molar-refractivity contribution in [2.24, 2.45) is 0 Å². The molecule has 0 N–H and O–H groups in total. The molecule has 2 aliphatic rings. The molecule has 1 aromatic carbocycles. The van der Waals surface area contributed by atoms with Crippen LogP contribution in [0.2, 0.25) is 0 Å². The topological polar surface area (TPSA) is 76.2 Å². The van der Waals surface area contributed by atoms with Gasteiger partial charge in [0.15, 0.2) is 17.3 Å². The Hall–Kier alpha value is -2.87. The highest BCUT2D eigenvalue weighted by molar-refractivity contribution is 7.12. The van der Waals surface area contributed by atoms with Crippen molar-refractivity contribution in [1.29, 1.82) is 0 Å². The fourth-order valence-electron chi connectivity index (χ4n) is 3.57. The number of hydrogen-bond donors (Lipinski definition) is 0. The first-order valence-corrected chi connectivity index (χ1v) is 11.0. The van der Waals surface area contributed by atoms with Crippen LogP contribution in [0.1, 0.15) is 39.3 Å². The van der Waals surface area contributed by atoms with E-state index in [9.17, 15) is 14.4 Å². The zero-order valence-electron chi connectivity index (χ0n) is 16.7. The van der Waals surface area contributed by atoms with Gasteiger partial charge in [-0.15, -0.1) is 11.3 Å². The fourth-order valence-corrected chi connectivity index (χ4v) is 4.27. The van der Waals surface area contributed by atoms with Crippen LogP contribution >= 0.6 is 11.3 Å². The second-order valence-electron chi connectivity index (χ2n) is 7.29. The van der Waals surface area contributed by atoms with Crippen molar-refractivity contribution >= 4 is 28.9 Å². The first kappa shape index (κ1) is 20.4. The molecule has 0 saturated carbocycles. The average Bonchev–Trinajstić information content (AvgIpc) is 3.22. The van der Waals surface area contributed by atoms with Gasteiger partial charge in [-0.05, 0) is 29.6 Å². The Morgan fingerprint density at radius 2 is 1.63 bits per heavy atom. The number of thiophene rings is 1. The summed E-state index contributed by atoms with van der Waals surface area (Å²) >= 11 is 1.42. The highest BCUT2D eigenvalue weighted by Crippen LogP contribution is 2.31. The number of benzene rings is 1. The molecule has 7 nitrogen and oxygen atoms in total. The third-order valence-electron chi connectivity index (χ3n) is 5.29. The van der Waals surface area contributed by atoms with Gasteiger partial charge in [0.25, 0.3) is 5.91 Å². The molecule has 8 heteroatoms. The number of fused-ring (bicyclic) bond motifs is 1. The number of ether oxygens (including phenoxy) is 2. The first-order chi connectivity index (χ1) is 14.6. The lowest BCUT2D eigenvalue weighted by atomic mass is 10.1. The summed E-state index contributed by atoms with van der Waals surface area (Å²) in [5.74, 6) is 1.10. The molecule has 2 aromatic rings. The third-order valence-corrected chi connectivity index (χ3v) is 6.14. The summed E-state index contributed by atoms with van der Waals surface area (Å²) in [6, 6.07) is 8.84. The Morgan fingerprint density at radius 1 is 0.900 bits per heavy atom. The van der Waals surface area contributed by atoms with E-state index in [1.165, 1.54) is 11.3 Å². The Labute approximate surface area is 179 Å². The van der Waals surface area contributed by atoms with E-state index in [1.54, 1.807) is 28.0 Å². The van der Waals surface area contributed by atoms with Crippen molar-refractivity contribution in [2.75, 3.05) is 39.4 Å². The summed E-state index contributed by atoms with van der Waals surface area (Å²) in [5, 5.41) is 1.88. The molecule has 0 radical (unpaired) electrons. The number of carbonyl (C=O) groups is 3. The summed E-state index contributed by atoms with van der Waals surface area (Å²) in [6.45, 7) is 3.17. The van der Waals surface area contributed by atoms with Crippen molar-refractivity contribution in [1.82, 2.24) is 9.80 Å². The second-order valence-corrected chi connectivity index (χ2v) is 8.23. The van der Waals surface area contributed by atoms with Crippen LogP contribution in [-0.2, 0) is 4.79 Å². The van der Waals surface area contributed by atoms with Gasteiger partial charge in [0, 0.05) is 51.0 Å². The van der Waals surface area contributed by atoms with Crippen LogP contribution in [0.25, 0.3) is 0 Å². The predicted octanol–water partition coefficient (Wildman–Crippen LogP) is 2.86. The molecule has 4 rings (SSSR count). The number of piperazine rings is 1. The molecule has 3 heterocycles. The standard InChI is InChI=1S/C22H24N2O5S/c25-17(16-4-6-18-19(15-16)29-13-2-12-28-18)5-7-21(26)23-8-10-24(11-9-23)22(27)20-3-1-14-30-20/h1,3-4,6,14-15H,2,5,7-13H2. The summed E-state index contributed by atoms with van der Waals surface area (Å²) in [5.41, 5.74) is 0.526. The number of ketones is 1. The van der Waals surface area contributed by atoms with Crippen LogP contribution in [0, 0.1) is 0 Å². The number of rotatable bonds is 5. The Bertz CT molecular complexity index is 920. The van der Waals surface area contributed by atoms with Crippen LogP contribution in [0.15, 0.2) is 35.7 Å². The molecule has 1 aromatic heterocycles. The molecule has 30 heavy (non-hydrogen) atoms. The summed E-state index contributed by atoms with van der Waals surface area (Å²) in [6.07, 6.45) is 1.11. The molecule has 0 spiro atoms. The van der Waals surface area contributed by atoms with Gasteiger partial charge < -0.3 is 19.3 Å². The quantitative estimate of drug-likeness (QED) is 0.685. The number of hydrogen-bond acceptors (Lipinski definition) is 6. The van der Waals surface area contributed by atoms with E-state index < -0.39 is 0 Å². The summed E-state index contributed by atoms with van der Waals surface area (Å²) < 4.78 is 11.2. The molecule has 0 bridgehead atoms. The number of carbonyl (C=O) groups excluding carboxylic acids is 3. The summed E-state index contributed by atoms with van der Waals surface area (Å²) in [4.78, 5) is 41.7. The minimum Gasteiger partial charge on any atom is -0.490 e. The van der Waals surface area contributed by atoms with Crippen LogP contribution in [-0.4, -0.2) is 66.8 Å². The molecule has 158 valence electrons. The lowest BCUT2D eigenvalue weighted by Crippen LogP contribution is -2.50. The lowest BCUT2D eigenvalue weighted by molar-refractivity contribution is -0.132. The minimum absolute atomic E-state index is 0.0154. The van der Waals surface area contributed by atoms with E-state index in [0.717, 1.165) is 11.3 Å². The Morgan fingerprint density at radius 3 is 2.37 bits per heavy atom. The second kappa shape index (κ2) is 9.30. The van der Waals surface area contributed by atoms with Gasteiger partial charge in [-0.3, -0.25) is 14.4 Å². The zero-order chi connectivity index (χ0) is 20.9. The number of nitrogens with zero attached hydrogens (tertiary/aromatic N) is 2. The molecule has 1 fully saturated rings. The predicted molar refractivity (Wildman–Crippen MR) is 112 cm³/mol. The summed E-state index contributed by atoms with van der Waals surface area (Å²) in [7, 11) is 0. The maximum absolute atomic E-state index is 12.6. The maximum atomic E-state index is 12.6. The van der Waals surface area contributed by atoms with Crippen LogP contribution < -0.4 is 9.47 Å². The zero-order valence-corrected chi connectivity index (χ0v) is 17.5. The molecule has 0 aliphatic carbocycles. The normalized spacial score (nSPS) is 16.1. The van der Waals surface area contributed by atoms with Crippen molar-refractivity contribution in [3.63, 3.8) is 0 Å². The van der Waals surface area contributed by atoms with Gasteiger partial charge >= 0.3 is 0 Å². The Kier molecular flexibility index (Phi) is 6.32. The van der Waals surface area contributed by atoms with Gasteiger partial charge in [0.05, 0.1) is 18.1 Å². The minimum atomic E-state index is -0.0921. The first-order valence-electron chi connectivity index (χ1n) is 10.2. The van der Waals surface area contributed by atoms with E-state index in [0.29, 0.717) is 56.5 Å². The third kappa shape index (κ3) is 4.64. The van der Waals surface area contributed by atoms with Gasteiger partial charge in [-0.2, -0.15) is 0 Å². The van der Waals surface area contributed by atoms with Crippen LogP contribution in [0.5, 0.6) is 11.5 Å². The smallest absolute Gasteiger partial charge is 0.264 e. The van der Waals surface area contributed by atoms with Gasteiger partial charge in [-0.25, -0.2) is 0 Å². The van der Waals surface area contributed by atoms with Crippen molar-refractivity contribution in [2.45, 2.75) is 19.3 Å². The Balaban J connectivity index is 1.26. The van der Waals surface area contributed by atoms with E-state index in [1.807, 2.05) is 17.5 Å². The van der Waals surface area contributed by atoms with E-state index >= 15 is 0 Å². The highest BCUT2D eigenvalue weighted by Gasteiger charge is 2.25. The van der Waals surface area contributed by atoms with Crippen LogP contribution in [0.3, 0.4) is 0 Å². The van der Waals surface area contributed by atoms with Gasteiger partial charge in [0.1, 0.15) is 0 Å². The molecule has 0 atom stereocenters. The average molecular weight is 429 g/mol. The number of Topliss-reactive ketones (excluding diaryl/α,β-unsaturated/α-hetero) is 1. The SMILES string of the molecule is O=C(CCC(=O)N1CCN(C(=O)c2cccs2)CC1)c1ccc2c(c1)OCCCO2. The molecule has 1 saturated heterocycles. The van der Waals surface area contributed by atoms with Crippen molar-refractivity contribution < 1.29 is 23.9 Å². The van der Waals surface area contributed by atoms with E-state index in [4.69, 9.17) is 9.47 Å². The van der Waals surface area contributed by atoms with Gasteiger partial charge in [0.2, 0.25) is 5.91 Å². The molecular formula is C22H24N2O5S. The van der Waals surface area contributed by atoms with Crippen LogP contribution in [0.4, 0.5) is 0 Å². The largest absolute Gasteiger partial charge is 0.490 e. The maximum Gasteiger partial charge on any atom is 0.264 e. The lowest BCUT2D eigenvalue weighted by Gasteiger charge is -2.34. The molecule has 0 unspecified atom stereocenters. The van der Waals surface area contributed by atoms with Gasteiger partial charge in [-0.1, -0.05) is 6.07 Å². The number of amides is 2. The molecule has 2 amide bonds. The van der Waals surface area contributed by atoms with Crippen molar-refractivity contribution in [3.05, 3.63) is 46.2 Å². The van der Waals surface area contributed by atoms with E-state index in [-0.39, 0.29) is 30.4 Å². The fraction of sp³-hybridized carbons (Fsp3) is 0.409. The monoisotopic (exact) mass is 428 g/mol. The molecular weight excluding hydrogens is 404 g/mol. The van der Waals surface area contributed by atoms with E-state index in [2.05, 4.69) is 0 Å². The molecule has 2 aliphatic heterocycles. The highest BCUT2D eigenvalue weighted by atomic mass is 32.1. The van der Waals surface area contributed by atoms with Crippen molar-refractivity contribution in [3.8, 4) is 11.5 Å².